The van der Waals surface area contributed by atoms with Crippen molar-refractivity contribution in [3.05, 3.63) is 22.8 Å². The van der Waals surface area contributed by atoms with E-state index in [4.69, 9.17) is 9.47 Å². The maximum Gasteiger partial charge on any atom is 0.132 e. The number of benzene rings is 1. The first-order valence-electron chi connectivity index (χ1n) is 6.36. The van der Waals surface area contributed by atoms with Gasteiger partial charge in [0, 0.05) is 0 Å². The number of hydrogen-bond acceptors (Lipinski definition) is 3. The lowest BCUT2D eigenvalue weighted by Gasteiger charge is -2.22. The minimum Gasteiger partial charge on any atom is -0.823 e. The van der Waals surface area contributed by atoms with Gasteiger partial charge in [0.15, 0.2) is 0 Å². The molecule has 0 saturated carbocycles. The topological polar surface area (TPSA) is 41.5 Å². The molecule has 0 radical (unpaired) electrons. The molecule has 0 fully saturated rings. The van der Waals surface area contributed by atoms with Gasteiger partial charge in [-0.15, -0.1) is 13.7 Å². The summed E-state index contributed by atoms with van der Waals surface area (Å²) in [7, 11) is 3.97. The van der Waals surface area contributed by atoms with Gasteiger partial charge in [-0.1, -0.05) is 13.8 Å². The summed E-state index contributed by atoms with van der Waals surface area (Å²) >= 11 is 0. The van der Waals surface area contributed by atoms with Crippen LogP contribution in [-0.2, 0) is 0 Å². The lowest BCUT2D eigenvalue weighted by Crippen LogP contribution is -2.20. The molecule has 0 spiro atoms. The van der Waals surface area contributed by atoms with Crippen molar-refractivity contribution in [3.63, 3.8) is 0 Å². The van der Waals surface area contributed by atoms with Crippen molar-refractivity contribution in [1.29, 1.82) is 0 Å². The zero-order valence-corrected chi connectivity index (χ0v) is 13.4. The van der Waals surface area contributed by atoms with Crippen LogP contribution in [0.1, 0.15) is 30.5 Å². The van der Waals surface area contributed by atoms with E-state index in [0.717, 1.165) is 25.5 Å². The lowest BCUT2D eigenvalue weighted by molar-refractivity contribution is -0.207. The van der Waals surface area contributed by atoms with Crippen LogP contribution in [-0.4, -0.2) is 25.9 Å². The highest BCUT2D eigenvalue weighted by molar-refractivity contribution is 7.40. The maximum absolute atomic E-state index is 12.4. The molecule has 0 N–H and O–H groups in total. The summed E-state index contributed by atoms with van der Waals surface area (Å²) in [4.78, 5) is 0. The smallest absolute Gasteiger partial charge is 0.132 e. The van der Waals surface area contributed by atoms with E-state index < -0.39 is 0 Å². The van der Waals surface area contributed by atoms with E-state index >= 15 is 0 Å². The largest absolute Gasteiger partial charge is 0.823 e. The minimum absolute atomic E-state index is 0.0641. The average Bonchev–Trinajstić information content (AvgIpc) is 2.35. The number of ether oxygens (including phenoxy) is 2. The quantitative estimate of drug-likeness (QED) is 0.779. The molecule has 0 unspecified atom stereocenters. The van der Waals surface area contributed by atoms with Crippen molar-refractivity contribution < 1.29 is 14.6 Å². The van der Waals surface area contributed by atoms with Gasteiger partial charge in [-0.25, -0.2) is 0 Å². The monoisotopic (exact) mass is 281 g/mol. The first kappa shape index (κ1) is 16.0. The third-order valence-corrected chi connectivity index (χ3v) is 4.25. The van der Waals surface area contributed by atoms with Crippen molar-refractivity contribution in [1.82, 2.24) is 0 Å². The third kappa shape index (κ3) is 3.71. The molecule has 106 valence electrons. The van der Waals surface area contributed by atoms with Gasteiger partial charge in [-0.05, 0) is 43.1 Å². The summed E-state index contributed by atoms with van der Waals surface area (Å²) in [6.45, 7) is 8.11. The summed E-state index contributed by atoms with van der Waals surface area (Å²) < 4.78 is 10.8. The van der Waals surface area contributed by atoms with Crippen LogP contribution in [0.2, 0.25) is 0 Å². The Kier molecular flexibility index (Phi) is 5.84. The van der Waals surface area contributed by atoms with E-state index in [0.29, 0.717) is 23.0 Å². The molecule has 1 aromatic rings. The standard InChI is InChI=1S/C15H23O3P/c1-9(2)8-19-15(16)12-13(17-5)10(3)7-11(4)14(12)18-6/h7,9,16H,8H2,1-6H3/p-1. The zero-order valence-electron chi connectivity index (χ0n) is 12.5. The second-order valence-corrected chi connectivity index (χ2v) is 6.08. The molecular formula is C15H22O3P-. The molecule has 1 rings (SSSR count). The van der Waals surface area contributed by atoms with E-state index in [1.54, 1.807) is 14.2 Å². The summed E-state index contributed by atoms with van der Waals surface area (Å²) in [6, 6.07) is 1.98. The summed E-state index contributed by atoms with van der Waals surface area (Å²) in [5.74, 6) is 1.75. The average molecular weight is 281 g/mol. The molecule has 19 heavy (non-hydrogen) atoms. The number of rotatable bonds is 5. The van der Waals surface area contributed by atoms with Gasteiger partial charge in [-0.2, -0.15) is 0 Å². The van der Waals surface area contributed by atoms with Gasteiger partial charge in [-0.3, -0.25) is 0 Å². The molecule has 0 atom stereocenters. The molecule has 3 nitrogen and oxygen atoms in total. The Morgan fingerprint density at radius 3 is 2.00 bits per heavy atom. The predicted molar refractivity (Wildman–Crippen MR) is 79.8 cm³/mol. The van der Waals surface area contributed by atoms with Crippen LogP contribution >= 0.6 is 8.20 Å². The molecule has 0 aliphatic heterocycles. The molecule has 0 aromatic heterocycles. The lowest BCUT2D eigenvalue weighted by atomic mass is 10.0. The summed E-state index contributed by atoms with van der Waals surface area (Å²) in [5, 5.41) is 12.4. The Bertz CT molecular complexity index is 451. The second-order valence-electron chi connectivity index (χ2n) is 4.99. The van der Waals surface area contributed by atoms with E-state index in [-0.39, 0.29) is 5.48 Å². The molecule has 0 aliphatic carbocycles. The Morgan fingerprint density at radius 2 is 1.63 bits per heavy atom. The van der Waals surface area contributed by atoms with Gasteiger partial charge in [0.05, 0.1) is 19.8 Å². The highest BCUT2D eigenvalue weighted by Gasteiger charge is 2.15. The maximum atomic E-state index is 12.4. The van der Waals surface area contributed by atoms with Crippen LogP contribution in [0.4, 0.5) is 0 Å². The number of methoxy groups -OCH3 is 2. The fourth-order valence-electron chi connectivity index (χ4n) is 2.02. The molecule has 4 heteroatoms. The normalized spacial score (nSPS) is 11.9. The van der Waals surface area contributed by atoms with Crippen molar-refractivity contribution in [2.75, 3.05) is 20.4 Å². The molecule has 0 aliphatic rings. The first-order valence-corrected chi connectivity index (χ1v) is 7.44. The Balaban J connectivity index is 3.41. The highest BCUT2D eigenvalue weighted by atomic mass is 31.1. The van der Waals surface area contributed by atoms with Crippen molar-refractivity contribution in [2.45, 2.75) is 27.7 Å². The van der Waals surface area contributed by atoms with Crippen LogP contribution < -0.4 is 14.6 Å². The predicted octanol–water partition coefficient (Wildman–Crippen LogP) is 2.76. The van der Waals surface area contributed by atoms with Crippen LogP contribution in [0, 0.1) is 19.8 Å². The van der Waals surface area contributed by atoms with E-state index in [1.165, 1.54) is 0 Å². The van der Waals surface area contributed by atoms with Crippen LogP contribution in [0.15, 0.2) is 6.07 Å². The van der Waals surface area contributed by atoms with E-state index in [9.17, 15) is 5.11 Å². The fourth-order valence-corrected chi connectivity index (χ4v) is 2.91. The second kappa shape index (κ2) is 6.93. The van der Waals surface area contributed by atoms with Gasteiger partial charge in [0.2, 0.25) is 0 Å². The molecule has 0 bridgehead atoms. The zero-order chi connectivity index (χ0) is 14.6. The fraction of sp³-hybridized carbons (Fsp3) is 0.533. The molecule has 0 amide bonds. The molecule has 1 aromatic carbocycles. The van der Waals surface area contributed by atoms with Crippen LogP contribution in [0.3, 0.4) is 0 Å². The minimum atomic E-state index is 0.0641. The van der Waals surface area contributed by atoms with Gasteiger partial charge in [0.1, 0.15) is 11.5 Å². The SMILES string of the molecule is COc1c(C)cc(C)c(OC)c1C([O-])=PCC(C)C. The van der Waals surface area contributed by atoms with Crippen molar-refractivity contribution in [2.24, 2.45) is 5.92 Å². The summed E-state index contributed by atoms with van der Waals surface area (Å²) in [5.41, 5.74) is 2.56. The molecule has 0 heterocycles. The van der Waals surface area contributed by atoms with Crippen molar-refractivity contribution in [3.8, 4) is 11.5 Å². The van der Waals surface area contributed by atoms with Crippen LogP contribution in [0.5, 0.6) is 11.5 Å². The van der Waals surface area contributed by atoms with Crippen LogP contribution in [0.25, 0.3) is 0 Å². The highest BCUT2D eigenvalue weighted by Crippen LogP contribution is 2.36. The van der Waals surface area contributed by atoms with Crippen molar-refractivity contribution >= 4 is 13.7 Å². The first-order chi connectivity index (χ1) is 8.92. The molecular weight excluding hydrogens is 259 g/mol. The summed E-state index contributed by atoms with van der Waals surface area (Å²) in [6.07, 6.45) is 0.845. The molecule has 0 saturated heterocycles. The van der Waals surface area contributed by atoms with E-state index in [2.05, 4.69) is 13.8 Å². The Labute approximate surface area is 117 Å². The van der Waals surface area contributed by atoms with Gasteiger partial charge >= 0.3 is 0 Å². The Hall–Kier alpha value is -1.05. The van der Waals surface area contributed by atoms with Gasteiger partial charge < -0.3 is 14.6 Å². The van der Waals surface area contributed by atoms with E-state index in [1.807, 2.05) is 19.9 Å². The number of hydrogen-bond donors (Lipinski definition) is 0. The Morgan fingerprint density at radius 1 is 1.16 bits per heavy atom. The van der Waals surface area contributed by atoms with Gasteiger partial charge in [0.25, 0.3) is 0 Å². The number of aryl methyl sites for hydroxylation is 2. The third-order valence-electron chi connectivity index (χ3n) is 2.83.